The number of nitrogens with one attached hydrogen (secondary N) is 2. The zero-order chi connectivity index (χ0) is 20.1. The quantitative estimate of drug-likeness (QED) is 0.523. The van der Waals surface area contributed by atoms with Gasteiger partial charge in [0.05, 0.1) is 22.2 Å². The van der Waals surface area contributed by atoms with E-state index in [0.29, 0.717) is 22.5 Å². The molecule has 2 aromatic carbocycles. The Kier molecular flexibility index (Phi) is 4.68. The predicted octanol–water partition coefficient (Wildman–Crippen LogP) is 4.13. The Bertz CT molecular complexity index is 988. The highest BCUT2D eigenvalue weighted by atomic mass is 32.1. The fourth-order valence-corrected chi connectivity index (χ4v) is 4.74. The lowest BCUT2D eigenvalue weighted by Gasteiger charge is -2.24. The van der Waals surface area contributed by atoms with Crippen molar-refractivity contribution in [1.82, 2.24) is 15.8 Å². The fraction of sp³-hybridized carbons (Fsp3) is 0.316. The highest BCUT2D eigenvalue weighted by Gasteiger charge is 2.53. The van der Waals surface area contributed by atoms with Gasteiger partial charge in [-0.25, -0.2) is 15.8 Å². The third kappa shape index (κ3) is 3.19. The van der Waals surface area contributed by atoms with Crippen LogP contribution in [0.2, 0.25) is 0 Å². The number of alkyl halides is 3. The van der Waals surface area contributed by atoms with Crippen LogP contribution < -0.4 is 10.9 Å². The van der Waals surface area contributed by atoms with E-state index in [9.17, 15) is 23.4 Å². The van der Waals surface area contributed by atoms with Crippen molar-refractivity contribution in [3.63, 3.8) is 0 Å². The van der Waals surface area contributed by atoms with Crippen LogP contribution >= 0.6 is 11.3 Å². The molecule has 5 nitrogen and oxygen atoms in total. The van der Waals surface area contributed by atoms with Crippen molar-refractivity contribution in [3.05, 3.63) is 52.5 Å². The van der Waals surface area contributed by atoms with Crippen molar-refractivity contribution >= 4 is 21.6 Å². The molecule has 0 bridgehead atoms. The van der Waals surface area contributed by atoms with Gasteiger partial charge in [0, 0.05) is 11.6 Å². The summed E-state index contributed by atoms with van der Waals surface area (Å²) in [4.78, 5) is 4.43. The number of nitrogens with zero attached hydrogens (tertiary/aromatic N) is 1. The summed E-state index contributed by atoms with van der Waals surface area (Å²) in [5.74, 6) is -1.42. The van der Waals surface area contributed by atoms with E-state index >= 15 is 0 Å². The van der Waals surface area contributed by atoms with Crippen molar-refractivity contribution in [2.75, 3.05) is 0 Å². The van der Waals surface area contributed by atoms with Gasteiger partial charge in [0.15, 0.2) is 0 Å². The summed E-state index contributed by atoms with van der Waals surface area (Å²) in [5.41, 5.74) is 6.50. The average molecular weight is 409 g/mol. The molecule has 0 radical (unpaired) electrons. The summed E-state index contributed by atoms with van der Waals surface area (Å²) in [5, 5.41) is 20.6. The van der Waals surface area contributed by atoms with Crippen LogP contribution in [0.3, 0.4) is 0 Å². The second-order valence-electron chi connectivity index (χ2n) is 6.72. The number of fused-ring (bicyclic) bond motifs is 1. The van der Waals surface area contributed by atoms with Gasteiger partial charge in [0.1, 0.15) is 22.5 Å². The Morgan fingerprint density at radius 2 is 1.86 bits per heavy atom. The molecule has 3 aromatic rings. The largest absolute Gasteiger partial charge is 0.508 e. The first kappa shape index (κ1) is 19.0. The molecule has 0 saturated carbocycles. The fourth-order valence-electron chi connectivity index (χ4n) is 3.60. The maximum absolute atomic E-state index is 13.7. The number of hydrogen-bond donors (Lipinski definition) is 4. The zero-order valence-corrected chi connectivity index (χ0v) is 15.6. The molecule has 0 aliphatic carbocycles. The molecule has 1 aromatic heterocycles. The second-order valence-corrected chi connectivity index (χ2v) is 7.79. The van der Waals surface area contributed by atoms with Gasteiger partial charge in [0.2, 0.25) is 0 Å². The van der Waals surface area contributed by atoms with E-state index in [1.54, 1.807) is 18.2 Å². The number of aromatic hydroxyl groups is 2. The Balaban J connectivity index is 1.84. The average Bonchev–Trinajstić information content (AvgIpc) is 3.25. The molecule has 3 atom stereocenters. The molecule has 0 amide bonds. The van der Waals surface area contributed by atoms with E-state index in [2.05, 4.69) is 15.8 Å². The van der Waals surface area contributed by atoms with Crippen LogP contribution in [0.5, 0.6) is 11.5 Å². The van der Waals surface area contributed by atoms with Crippen LogP contribution in [0.15, 0.2) is 36.4 Å². The molecular weight excluding hydrogens is 391 g/mol. The number of aryl methyl sites for hydroxylation is 1. The molecule has 4 N–H and O–H groups in total. The molecule has 28 heavy (non-hydrogen) atoms. The smallest absolute Gasteiger partial charge is 0.405 e. The molecule has 0 spiro atoms. The van der Waals surface area contributed by atoms with Crippen molar-refractivity contribution in [1.29, 1.82) is 0 Å². The van der Waals surface area contributed by atoms with Crippen molar-refractivity contribution < 1.29 is 23.4 Å². The molecule has 1 aliphatic rings. The minimum absolute atomic E-state index is 0.0846. The first-order valence-corrected chi connectivity index (χ1v) is 9.59. The van der Waals surface area contributed by atoms with Crippen molar-refractivity contribution in [3.8, 4) is 11.5 Å². The summed E-state index contributed by atoms with van der Waals surface area (Å²) >= 11 is 1.21. The third-order valence-corrected chi connectivity index (χ3v) is 6.14. The van der Waals surface area contributed by atoms with Crippen LogP contribution in [-0.4, -0.2) is 27.4 Å². The van der Waals surface area contributed by atoms with E-state index in [0.717, 1.165) is 4.70 Å². The van der Waals surface area contributed by atoms with Crippen LogP contribution in [-0.2, 0) is 6.42 Å². The molecule has 2 heterocycles. The van der Waals surface area contributed by atoms with Gasteiger partial charge in [-0.15, -0.1) is 11.3 Å². The van der Waals surface area contributed by atoms with Crippen LogP contribution in [0.4, 0.5) is 13.2 Å². The number of phenolic OH excluding ortho intramolecular Hbond substituents is 2. The van der Waals surface area contributed by atoms with Gasteiger partial charge in [-0.2, -0.15) is 13.2 Å². The SMILES string of the molecule is CCc1cc(C2NNC(C(F)(F)F)C2c2nc3ccccc3s2)c(O)cc1O. The maximum Gasteiger partial charge on any atom is 0.405 e. The van der Waals surface area contributed by atoms with Gasteiger partial charge in [-0.3, -0.25) is 0 Å². The summed E-state index contributed by atoms with van der Waals surface area (Å²) in [6.07, 6.45) is -4.03. The standard InChI is InChI=1S/C19H18F3N3O2S/c1-2-9-7-10(13(27)8-12(9)26)16-15(17(25-24-16)19(20,21)22)18-23-11-5-3-4-6-14(11)28-18/h3-8,15-17,24-27H,2H2,1H3. The first-order chi connectivity index (χ1) is 13.3. The highest BCUT2D eigenvalue weighted by Crippen LogP contribution is 2.47. The van der Waals surface area contributed by atoms with Gasteiger partial charge in [-0.05, 0) is 30.2 Å². The molecular formula is C19H18F3N3O2S. The topological polar surface area (TPSA) is 77.4 Å². The van der Waals surface area contributed by atoms with Gasteiger partial charge >= 0.3 is 6.18 Å². The van der Waals surface area contributed by atoms with E-state index in [1.807, 2.05) is 19.1 Å². The lowest BCUT2D eigenvalue weighted by molar-refractivity contribution is -0.156. The van der Waals surface area contributed by atoms with Gasteiger partial charge in [0.25, 0.3) is 0 Å². The zero-order valence-electron chi connectivity index (χ0n) is 14.8. The van der Waals surface area contributed by atoms with E-state index in [4.69, 9.17) is 0 Å². The Hall–Kier alpha value is -2.36. The molecule has 1 fully saturated rings. The second kappa shape index (κ2) is 6.91. The first-order valence-electron chi connectivity index (χ1n) is 8.77. The van der Waals surface area contributed by atoms with Crippen molar-refractivity contribution in [2.24, 2.45) is 0 Å². The number of para-hydroxylation sites is 1. The third-order valence-electron chi connectivity index (χ3n) is 5.00. The maximum atomic E-state index is 13.7. The number of benzene rings is 2. The number of aromatic nitrogens is 1. The molecule has 1 saturated heterocycles. The van der Waals surface area contributed by atoms with Crippen LogP contribution in [0.25, 0.3) is 10.2 Å². The minimum Gasteiger partial charge on any atom is -0.508 e. The van der Waals surface area contributed by atoms with E-state index in [1.165, 1.54) is 17.4 Å². The number of hydrazine groups is 1. The lowest BCUT2D eigenvalue weighted by Crippen LogP contribution is -2.43. The van der Waals surface area contributed by atoms with Crippen LogP contribution in [0.1, 0.15) is 35.0 Å². The molecule has 148 valence electrons. The number of hydrogen-bond acceptors (Lipinski definition) is 6. The summed E-state index contributed by atoms with van der Waals surface area (Å²) in [6.45, 7) is 1.82. The Morgan fingerprint density at radius 3 is 2.54 bits per heavy atom. The molecule has 9 heteroatoms. The van der Waals surface area contributed by atoms with E-state index in [-0.39, 0.29) is 17.1 Å². The molecule has 4 rings (SSSR count). The minimum atomic E-state index is -4.51. The predicted molar refractivity (Wildman–Crippen MR) is 100 cm³/mol. The highest BCUT2D eigenvalue weighted by molar-refractivity contribution is 7.18. The number of rotatable bonds is 3. The number of halogens is 3. The Labute approximate surface area is 162 Å². The number of thiazole rings is 1. The van der Waals surface area contributed by atoms with Crippen molar-refractivity contribution in [2.45, 2.75) is 37.5 Å². The van der Waals surface area contributed by atoms with Crippen LogP contribution in [0, 0.1) is 0 Å². The summed E-state index contributed by atoms with van der Waals surface area (Å²) in [6, 6.07) is 7.17. The molecule has 3 unspecified atom stereocenters. The summed E-state index contributed by atoms with van der Waals surface area (Å²) < 4.78 is 42.0. The summed E-state index contributed by atoms with van der Waals surface area (Å²) in [7, 11) is 0. The number of phenols is 2. The van der Waals surface area contributed by atoms with E-state index < -0.39 is 24.2 Å². The van der Waals surface area contributed by atoms with Gasteiger partial charge < -0.3 is 10.2 Å². The monoisotopic (exact) mass is 409 g/mol. The lowest BCUT2D eigenvalue weighted by atomic mass is 9.88. The normalized spacial score (nSPS) is 22.8. The Morgan fingerprint density at radius 1 is 1.11 bits per heavy atom. The van der Waals surface area contributed by atoms with Gasteiger partial charge in [-0.1, -0.05) is 19.1 Å². The molecule has 1 aliphatic heterocycles.